The van der Waals surface area contributed by atoms with Gasteiger partial charge in [0.2, 0.25) is 0 Å². The number of aromatic nitrogens is 2. The number of benzene rings is 1. The van der Waals surface area contributed by atoms with Crippen LogP contribution < -0.4 is 5.32 Å². The maximum absolute atomic E-state index is 4.60. The predicted molar refractivity (Wildman–Crippen MR) is 82.3 cm³/mol. The third-order valence-corrected chi connectivity index (χ3v) is 4.06. The van der Waals surface area contributed by atoms with Crippen molar-refractivity contribution in [1.82, 2.24) is 15.1 Å². The van der Waals surface area contributed by atoms with E-state index in [-0.39, 0.29) is 0 Å². The van der Waals surface area contributed by atoms with E-state index in [1.165, 1.54) is 35.3 Å². The number of rotatable bonds is 5. The summed E-state index contributed by atoms with van der Waals surface area (Å²) in [5.41, 5.74) is 5.10. The summed E-state index contributed by atoms with van der Waals surface area (Å²) < 4.78 is 2.08. The van der Waals surface area contributed by atoms with Crippen LogP contribution in [0, 0.1) is 6.92 Å². The van der Waals surface area contributed by atoms with Crippen LogP contribution in [0.25, 0.3) is 5.69 Å². The van der Waals surface area contributed by atoms with Crippen molar-refractivity contribution in [3.63, 3.8) is 0 Å². The summed E-state index contributed by atoms with van der Waals surface area (Å²) in [6.45, 7) is 7.55. The first-order valence-electron chi connectivity index (χ1n) is 7.53. The third-order valence-electron chi connectivity index (χ3n) is 4.06. The van der Waals surface area contributed by atoms with Crippen molar-refractivity contribution in [2.45, 2.75) is 52.1 Å². The van der Waals surface area contributed by atoms with Crippen LogP contribution in [0.3, 0.4) is 0 Å². The Kier molecular flexibility index (Phi) is 3.62. The average molecular weight is 269 g/mol. The van der Waals surface area contributed by atoms with E-state index >= 15 is 0 Å². The maximum atomic E-state index is 4.60. The Morgan fingerprint density at radius 1 is 1.30 bits per heavy atom. The summed E-state index contributed by atoms with van der Waals surface area (Å²) in [7, 11) is 0. The largest absolute Gasteiger partial charge is 0.310 e. The number of para-hydroxylation sites is 1. The van der Waals surface area contributed by atoms with Gasteiger partial charge in [0.25, 0.3) is 0 Å². The Labute approximate surface area is 121 Å². The summed E-state index contributed by atoms with van der Waals surface area (Å²) >= 11 is 0. The second-order valence-electron chi connectivity index (χ2n) is 6.04. The zero-order valence-electron chi connectivity index (χ0n) is 12.6. The van der Waals surface area contributed by atoms with Gasteiger partial charge in [-0.3, -0.25) is 0 Å². The van der Waals surface area contributed by atoms with Crippen LogP contribution in [0.2, 0.25) is 0 Å². The second-order valence-corrected chi connectivity index (χ2v) is 6.04. The maximum Gasteiger partial charge on any atom is 0.0683 e. The van der Waals surface area contributed by atoms with Crippen molar-refractivity contribution in [3.8, 4) is 5.69 Å². The van der Waals surface area contributed by atoms with Gasteiger partial charge in [-0.1, -0.05) is 32.0 Å². The first kappa shape index (κ1) is 13.4. The Balaban J connectivity index is 1.90. The van der Waals surface area contributed by atoms with E-state index < -0.39 is 0 Å². The molecule has 0 aliphatic heterocycles. The van der Waals surface area contributed by atoms with Crippen LogP contribution in [0.5, 0.6) is 0 Å². The minimum absolute atomic E-state index is 0.503. The molecule has 1 heterocycles. The molecule has 2 aromatic rings. The fraction of sp³-hybridized carbons (Fsp3) is 0.471. The molecule has 3 rings (SSSR count). The Bertz CT molecular complexity index is 594. The van der Waals surface area contributed by atoms with E-state index in [1.54, 1.807) is 0 Å². The van der Waals surface area contributed by atoms with Gasteiger partial charge in [-0.15, -0.1) is 0 Å². The molecule has 106 valence electrons. The molecule has 1 aliphatic rings. The lowest BCUT2D eigenvalue weighted by Crippen LogP contribution is -2.15. The normalized spacial score (nSPS) is 15.0. The summed E-state index contributed by atoms with van der Waals surface area (Å²) in [4.78, 5) is 0. The molecule has 0 atom stereocenters. The molecule has 20 heavy (non-hydrogen) atoms. The first-order valence-corrected chi connectivity index (χ1v) is 7.53. The van der Waals surface area contributed by atoms with Gasteiger partial charge < -0.3 is 5.32 Å². The zero-order chi connectivity index (χ0) is 14.1. The van der Waals surface area contributed by atoms with Crippen LogP contribution >= 0.6 is 0 Å². The fourth-order valence-corrected chi connectivity index (χ4v) is 2.57. The quantitative estimate of drug-likeness (QED) is 0.899. The highest BCUT2D eigenvalue weighted by Crippen LogP contribution is 2.25. The van der Waals surface area contributed by atoms with E-state index in [1.807, 2.05) is 6.20 Å². The molecule has 1 aromatic carbocycles. The van der Waals surface area contributed by atoms with Gasteiger partial charge >= 0.3 is 0 Å². The summed E-state index contributed by atoms with van der Waals surface area (Å²) in [6, 6.07) is 9.29. The Hall–Kier alpha value is -1.61. The van der Waals surface area contributed by atoms with E-state index in [2.05, 4.69) is 60.1 Å². The van der Waals surface area contributed by atoms with Crippen LogP contribution in [0.15, 0.2) is 30.5 Å². The number of nitrogens with zero attached hydrogens (tertiary/aromatic N) is 2. The topological polar surface area (TPSA) is 29.9 Å². The Morgan fingerprint density at radius 2 is 2.05 bits per heavy atom. The molecule has 3 nitrogen and oxygen atoms in total. The van der Waals surface area contributed by atoms with Crippen LogP contribution in [0.1, 0.15) is 49.4 Å². The molecule has 3 heteroatoms. The highest BCUT2D eigenvalue weighted by atomic mass is 15.3. The zero-order valence-corrected chi connectivity index (χ0v) is 12.6. The van der Waals surface area contributed by atoms with E-state index in [9.17, 15) is 0 Å². The molecule has 0 radical (unpaired) electrons. The first-order chi connectivity index (χ1) is 9.66. The van der Waals surface area contributed by atoms with Crippen molar-refractivity contribution in [2.75, 3.05) is 0 Å². The minimum atomic E-state index is 0.503. The lowest BCUT2D eigenvalue weighted by molar-refractivity contribution is 0.683. The number of nitrogens with one attached hydrogen (secondary N) is 1. The monoisotopic (exact) mass is 269 g/mol. The molecule has 1 aliphatic carbocycles. The molecule has 1 fully saturated rings. The standard InChI is InChI=1S/C17H23N3/c1-12(2)16-6-4-5-7-17(16)20-13(3)14(11-19-20)10-18-15-8-9-15/h4-7,11-12,15,18H,8-10H2,1-3H3. The number of hydrogen-bond acceptors (Lipinski definition) is 2. The summed E-state index contributed by atoms with van der Waals surface area (Å²) in [6.07, 6.45) is 4.65. The average Bonchev–Trinajstić information content (AvgIpc) is 3.20. The molecular weight excluding hydrogens is 246 g/mol. The van der Waals surface area contributed by atoms with Gasteiger partial charge in [0.05, 0.1) is 11.9 Å². The molecule has 1 saturated carbocycles. The SMILES string of the molecule is Cc1c(CNC2CC2)cnn1-c1ccccc1C(C)C. The molecule has 0 saturated heterocycles. The van der Waals surface area contributed by atoms with Gasteiger partial charge in [0.1, 0.15) is 0 Å². The molecule has 1 aromatic heterocycles. The van der Waals surface area contributed by atoms with Crippen LogP contribution in [-0.4, -0.2) is 15.8 Å². The smallest absolute Gasteiger partial charge is 0.0683 e. The molecule has 0 bridgehead atoms. The predicted octanol–water partition coefficient (Wildman–Crippen LogP) is 3.56. The lowest BCUT2D eigenvalue weighted by atomic mass is 10.0. The molecule has 0 amide bonds. The van der Waals surface area contributed by atoms with E-state index in [4.69, 9.17) is 0 Å². The molecule has 0 spiro atoms. The summed E-state index contributed by atoms with van der Waals surface area (Å²) in [5, 5.41) is 8.17. The van der Waals surface area contributed by atoms with Crippen molar-refractivity contribution in [3.05, 3.63) is 47.3 Å². The Morgan fingerprint density at radius 3 is 2.75 bits per heavy atom. The van der Waals surface area contributed by atoms with Gasteiger partial charge in [-0.2, -0.15) is 5.10 Å². The molecule has 1 N–H and O–H groups in total. The third kappa shape index (κ3) is 2.63. The van der Waals surface area contributed by atoms with Gasteiger partial charge in [0.15, 0.2) is 0 Å². The van der Waals surface area contributed by atoms with Crippen LogP contribution in [-0.2, 0) is 6.54 Å². The van der Waals surface area contributed by atoms with Gasteiger partial charge in [0, 0.05) is 23.8 Å². The summed E-state index contributed by atoms with van der Waals surface area (Å²) in [5.74, 6) is 0.503. The van der Waals surface area contributed by atoms with E-state index in [0.29, 0.717) is 5.92 Å². The van der Waals surface area contributed by atoms with Gasteiger partial charge in [-0.25, -0.2) is 4.68 Å². The molecular formula is C17H23N3. The highest BCUT2D eigenvalue weighted by molar-refractivity contribution is 5.44. The lowest BCUT2D eigenvalue weighted by Gasteiger charge is -2.14. The van der Waals surface area contributed by atoms with Gasteiger partial charge in [-0.05, 0) is 37.3 Å². The number of hydrogen-bond donors (Lipinski definition) is 1. The second kappa shape index (κ2) is 5.41. The van der Waals surface area contributed by atoms with E-state index in [0.717, 1.165) is 12.6 Å². The fourth-order valence-electron chi connectivity index (χ4n) is 2.57. The van der Waals surface area contributed by atoms with Crippen molar-refractivity contribution >= 4 is 0 Å². The van der Waals surface area contributed by atoms with Crippen molar-refractivity contribution < 1.29 is 0 Å². The molecule has 0 unspecified atom stereocenters. The van der Waals surface area contributed by atoms with Crippen molar-refractivity contribution in [1.29, 1.82) is 0 Å². The van der Waals surface area contributed by atoms with Crippen molar-refractivity contribution in [2.24, 2.45) is 0 Å². The highest BCUT2D eigenvalue weighted by Gasteiger charge is 2.21. The van der Waals surface area contributed by atoms with Crippen LogP contribution in [0.4, 0.5) is 0 Å². The minimum Gasteiger partial charge on any atom is -0.310 e.